The number of H-pyrrole nitrogens is 1. The lowest BCUT2D eigenvalue weighted by Gasteiger charge is -2.25. The summed E-state index contributed by atoms with van der Waals surface area (Å²) in [5.74, 6) is 1.05. The molecule has 0 bridgehead atoms. The second-order valence-electron chi connectivity index (χ2n) is 9.22. The number of ether oxygens (including phenoxy) is 1. The number of pyridine rings is 1. The Balaban J connectivity index is 1.19. The summed E-state index contributed by atoms with van der Waals surface area (Å²) < 4.78 is 5.54. The van der Waals surface area contributed by atoms with E-state index in [0.717, 1.165) is 80.0 Å². The van der Waals surface area contributed by atoms with Crippen molar-refractivity contribution in [2.45, 2.75) is 32.4 Å². The summed E-state index contributed by atoms with van der Waals surface area (Å²) in [5, 5.41) is 13.4. The van der Waals surface area contributed by atoms with Crippen LogP contribution in [0.25, 0.3) is 10.9 Å². The van der Waals surface area contributed by atoms with E-state index in [0.29, 0.717) is 12.3 Å². The molecule has 1 unspecified atom stereocenters. The molecule has 2 saturated heterocycles. The standard InChI is InChI=1S/C25H28N6O/c26-19(18-11-17-3-1-2-4-20(17)28-13-18)12-23-25(6-8-27-23)7-9-31(16-25)14-24-29-21-5-10-32-15-22(21)30-24/h1-4,11-13,26-27H,5-10,14-16H2,(H,29,30)/b23-12-,26-19?. The maximum Gasteiger partial charge on any atom is 0.120 e. The van der Waals surface area contributed by atoms with Gasteiger partial charge in [0.1, 0.15) is 5.82 Å². The van der Waals surface area contributed by atoms with Gasteiger partial charge in [0.25, 0.3) is 0 Å². The molecule has 1 atom stereocenters. The van der Waals surface area contributed by atoms with Crippen molar-refractivity contribution in [1.29, 1.82) is 5.41 Å². The van der Waals surface area contributed by atoms with Gasteiger partial charge in [-0.25, -0.2) is 4.98 Å². The van der Waals surface area contributed by atoms with Gasteiger partial charge in [-0.1, -0.05) is 18.2 Å². The molecule has 3 aromatic rings. The van der Waals surface area contributed by atoms with Crippen LogP contribution in [0, 0.1) is 10.8 Å². The SMILES string of the molecule is N=C(/C=C1\NCCC12CCN(Cc1nc3c([nH]1)COCC3)C2)c1cnc2ccccc2c1. The fraction of sp³-hybridized carbons (Fsp3) is 0.400. The molecule has 0 amide bonds. The van der Waals surface area contributed by atoms with Crippen LogP contribution in [0.2, 0.25) is 0 Å². The van der Waals surface area contributed by atoms with Crippen molar-refractivity contribution < 1.29 is 4.74 Å². The van der Waals surface area contributed by atoms with Gasteiger partial charge < -0.3 is 20.4 Å². The van der Waals surface area contributed by atoms with Crippen molar-refractivity contribution in [2.24, 2.45) is 5.41 Å². The first-order valence-electron chi connectivity index (χ1n) is 11.5. The largest absolute Gasteiger partial charge is 0.388 e. The highest BCUT2D eigenvalue weighted by Crippen LogP contribution is 2.43. The van der Waals surface area contributed by atoms with E-state index in [1.54, 1.807) is 0 Å². The highest BCUT2D eigenvalue weighted by molar-refractivity contribution is 6.08. The molecule has 2 aromatic heterocycles. The molecule has 6 rings (SSSR count). The Hall–Kier alpha value is -3.03. The molecule has 32 heavy (non-hydrogen) atoms. The minimum Gasteiger partial charge on any atom is -0.388 e. The first-order valence-corrected chi connectivity index (χ1v) is 11.5. The number of para-hydroxylation sites is 1. The molecule has 3 N–H and O–H groups in total. The van der Waals surface area contributed by atoms with E-state index in [4.69, 9.17) is 15.1 Å². The lowest BCUT2D eigenvalue weighted by Crippen LogP contribution is -2.28. The Morgan fingerprint density at radius 2 is 2.22 bits per heavy atom. The highest BCUT2D eigenvalue weighted by Gasteiger charge is 2.44. The van der Waals surface area contributed by atoms with Gasteiger partial charge >= 0.3 is 0 Å². The fourth-order valence-corrected chi connectivity index (χ4v) is 5.39. The second-order valence-corrected chi connectivity index (χ2v) is 9.22. The Kier molecular flexibility index (Phi) is 4.81. The number of aromatic nitrogens is 3. The van der Waals surface area contributed by atoms with Gasteiger partial charge in [0.05, 0.1) is 42.4 Å². The van der Waals surface area contributed by atoms with E-state index in [9.17, 15) is 0 Å². The summed E-state index contributed by atoms with van der Waals surface area (Å²) in [6.45, 7) is 5.27. The highest BCUT2D eigenvalue weighted by atomic mass is 16.5. The lowest BCUT2D eigenvalue weighted by atomic mass is 9.82. The molecule has 0 radical (unpaired) electrons. The Morgan fingerprint density at radius 3 is 3.16 bits per heavy atom. The molecule has 5 heterocycles. The number of likely N-dealkylation sites (tertiary alicyclic amines) is 1. The number of fused-ring (bicyclic) bond motifs is 2. The number of hydrogen-bond acceptors (Lipinski definition) is 6. The summed E-state index contributed by atoms with van der Waals surface area (Å²) in [7, 11) is 0. The van der Waals surface area contributed by atoms with E-state index in [-0.39, 0.29) is 5.41 Å². The third-order valence-corrected chi connectivity index (χ3v) is 7.13. The zero-order chi connectivity index (χ0) is 21.5. The number of allylic oxidation sites excluding steroid dienone is 1. The third kappa shape index (κ3) is 3.51. The monoisotopic (exact) mass is 428 g/mol. The van der Waals surface area contributed by atoms with Crippen molar-refractivity contribution in [2.75, 3.05) is 26.2 Å². The third-order valence-electron chi connectivity index (χ3n) is 7.13. The van der Waals surface area contributed by atoms with E-state index < -0.39 is 0 Å². The number of benzene rings is 1. The maximum absolute atomic E-state index is 8.72. The fourth-order valence-electron chi connectivity index (χ4n) is 5.39. The molecule has 1 spiro atoms. The van der Waals surface area contributed by atoms with Crippen LogP contribution in [-0.2, 0) is 24.3 Å². The number of imidazole rings is 1. The van der Waals surface area contributed by atoms with Crippen LogP contribution >= 0.6 is 0 Å². The van der Waals surface area contributed by atoms with E-state index in [1.807, 2.05) is 30.5 Å². The Bertz CT molecular complexity index is 1190. The van der Waals surface area contributed by atoms with Crippen molar-refractivity contribution >= 4 is 16.6 Å². The van der Waals surface area contributed by atoms with Crippen LogP contribution < -0.4 is 5.32 Å². The van der Waals surface area contributed by atoms with Gasteiger partial charge in [0.15, 0.2) is 0 Å². The van der Waals surface area contributed by atoms with Gasteiger partial charge in [-0.3, -0.25) is 9.88 Å². The molecule has 2 fully saturated rings. The second kappa shape index (κ2) is 7.83. The van der Waals surface area contributed by atoms with Crippen LogP contribution in [-0.4, -0.2) is 51.8 Å². The van der Waals surface area contributed by atoms with Gasteiger partial charge in [-0.05, 0) is 37.6 Å². The summed E-state index contributed by atoms with van der Waals surface area (Å²) >= 11 is 0. The topological polar surface area (TPSA) is 89.9 Å². The molecule has 7 nitrogen and oxygen atoms in total. The molecule has 0 saturated carbocycles. The predicted molar refractivity (Wildman–Crippen MR) is 124 cm³/mol. The van der Waals surface area contributed by atoms with Crippen LogP contribution in [0.15, 0.2) is 48.3 Å². The maximum atomic E-state index is 8.72. The number of nitrogens with one attached hydrogen (secondary N) is 3. The number of nitrogens with zero attached hydrogens (tertiary/aromatic N) is 3. The molecule has 164 valence electrons. The normalized spacial score (nSPS) is 24.3. The molecule has 0 aliphatic carbocycles. The van der Waals surface area contributed by atoms with Crippen molar-refractivity contribution in [3.63, 3.8) is 0 Å². The van der Waals surface area contributed by atoms with Crippen LogP contribution in [0.1, 0.15) is 35.6 Å². The average Bonchev–Trinajstić information content (AvgIpc) is 3.52. The molecule has 7 heteroatoms. The van der Waals surface area contributed by atoms with Crippen molar-refractivity contribution in [3.8, 4) is 0 Å². The summed E-state index contributed by atoms with van der Waals surface area (Å²) in [6, 6.07) is 10.1. The first kappa shape index (κ1) is 19.6. The molecular formula is C25H28N6O. The minimum absolute atomic E-state index is 0.103. The van der Waals surface area contributed by atoms with Gasteiger partial charge in [0.2, 0.25) is 0 Å². The zero-order valence-corrected chi connectivity index (χ0v) is 18.2. The number of rotatable bonds is 4. The van der Waals surface area contributed by atoms with E-state index >= 15 is 0 Å². The minimum atomic E-state index is 0.103. The van der Waals surface area contributed by atoms with Crippen LogP contribution in [0.5, 0.6) is 0 Å². The summed E-state index contributed by atoms with van der Waals surface area (Å²) in [5.41, 5.74) is 5.95. The average molecular weight is 429 g/mol. The van der Waals surface area contributed by atoms with Gasteiger partial charge in [-0.15, -0.1) is 0 Å². The zero-order valence-electron chi connectivity index (χ0n) is 18.2. The van der Waals surface area contributed by atoms with Crippen LogP contribution in [0.3, 0.4) is 0 Å². The van der Waals surface area contributed by atoms with Crippen molar-refractivity contribution in [3.05, 3.63) is 71.1 Å². The number of aromatic amines is 1. The molecule has 3 aliphatic heterocycles. The van der Waals surface area contributed by atoms with Crippen molar-refractivity contribution in [1.82, 2.24) is 25.2 Å². The predicted octanol–water partition coefficient (Wildman–Crippen LogP) is 3.17. The Labute approximate surface area is 187 Å². The molecule has 1 aromatic carbocycles. The summed E-state index contributed by atoms with van der Waals surface area (Å²) in [4.78, 5) is 15.3. The van der Waals surface area contributed by atoms with Crippen LogP contribution in [0.4, 0.5) is 0 Å². The van der Waals surface area contributed by atoms with Gasteiger partial charge in [-0.2, -0.15) is 0 Å². The first-order chi connectivity index (χ1) is 15.7. The molecule has 3 aliphatic rings. The van der Waals surface area contributed by atoms with E-state index in [2.05, 4.69) is 32.3 Å². The summed E-state index contributed by atoms with van der Waals surface area (Å²) in [6.07, 6.45) is 6.97. The smallest absolute Gasteiger partial charge is 0.120 e. The number of hydrogen-bond donors (Lipinski definition) is 3. The Morgan fingerprint density at radius 1 is 1.28 bits per heavy atom. The molecular weight excluding hydrogens is 400 g/mol. The lowest BCUT2D eigenvalue weighted by molar-refractivity contribution is 0.107. The van der Waals surface area contributed by atoms with Gasteiger partial charge in [0, 0.05) is 47.8 Å². The van der Waals surface area contributed by atoms with E-state index in [1.165, 1.54) is 11.4 Å². The quantitative estimate of drug-likeness (QED) is 0.556.